The zero-order valence-electron chi connectivity index (χ0n) is 9.23. The molecule has 2 nitrogen and oxygen atoms in total. The van der Waals surface area contributed by atoms with Crippen LogP contribution in [-0.4, -0.2) is 49.9 Å². The Balaban J connectivity index is 3.06. The summed E-state index contributed by atoms with van der Waals surface area (Å²) in [4.78, 5) is 2.10. The highest BCUT2D eigenvalue weighted by molar-refractivity contribution is 8.00. The first-order chi connectivity index (χ1) is 6.92. The van der Waals surface area contributed by atoms with Gasteiger partial charge < -0.3 is 10.2 Å². The summed E-state index contributed by atoms with van der Waals surface area (Å²) in [7, 11) is 4.01. The van der Waals surface area contributed by atoms with Crippen molar-refractivity contribution in [2.24, 2.45) is 0 Å². The molecule has 92 valence electrons. The van der Waals surface area contributed by atoms with Crippen molar-refractivity contribution in [2.45, 2.75) is 18.3 Å². The van der Waals surface area contributed by atoms with Crippen molar-refractivity contribution in [1.29, 1.82) is 0 Å². The summed E-state index contributed by atoms with van der Waals surface area (Å²) >= 11 is 0.0315. The van der Waals surface area contributed by atoms with E-state index < -0.39 is 5.51 Å². The Morgan fingerprint density at radius 3 is 2.33 bits per heavy atom. The Labute approximate surface area is 93.6 Å². The number of hydrogen-bond donors (Lipinski definition) is 1. The number of hydrogen-bond acceptors (Lipinski definition) is 3. The molecule has 0 radical (unpaired) electrons. The molecule has 0 atom stereocenters. The third-order valence-electron chi connectivity index (χ3n) is 1.75. The van der Waals surface area contributed by atoms with Crippen LogP contribution in [0.1, 0.15) is 12.8 Å². The Morgan fingerprint density at radius 1 is 1.13 bits per heavy atom. The van der Waals surface area contributed by atoms with Gasteiger partial charge in [0.2, 0.25) is 0 Å². The second kappa shape index (κ2) is 8.24. The van der Waals surface area contributed by atoms with Crippen molar-refractivity contribution in [1.82, 2.24) is 10.2 Å². The van der Waals surface area contributed by atoms with Gasteiger partial charge in [-0.1, -0.05) is 0 Å². The van der Waals surface area contributed by atoms with E-state index in [9.17, 15) is 13.2 Å². The third-order valence-corrected chi connectivity index (χ3v) is 2.49. The average molecular weight is 244 g/mol. The smallest absolute Gasteiger partial charge is 0.316 e. The van der Waals surface area contributed by atoms with Gasteiger partial charge in [-0.3, -0.25) is 0 Å². The summed E-state index contributed by atoms with van der Waals surface area (Å²) in [6, 6.07) is 0. The van der Waals surface area contributed by atoms with Gasteiger partial charge in [-0.05, 0) is 51.8 Å². The van der Waals surface area contributed by atoms with E-state index in [4.69, 9.17) is 0 Å². The van der Waals surface area contributed by atoms with Gasteiger partial charge >= 0.3 is 5.51 Å². The molecule has 0 heterocycles. The number of nitrogens with zero attached hydrogens (tertiary/aromatic N) is 1. The maximum atomic E-state index is 11.7. The molecule has 0 bridgehead atoms. The van der Waals surface area contributed by atoms with Crippen molar-refractivity contribution < 1.29 is 13.2 Å². The molecule has 0 aliphatic rings. The van der Waals surface area contributed by atoms with E-state index in [-0.39, 0.29) is 17.5 Å². The van der Waals surface area contributed by atoms with Gasteiger partial charge in [0.25, 0.3) is 0 Å². The molecule has 0 aliphatic heterocycles. The first-order valence-electron chi connectivity index (χ1n) is 4.98. The molecule has 15 heavy (non-hydrogen) atoms. The zero-order chi connectivity index (χ0) is 11.7. The van der Waals surface area contributed by atoms with Crippen LogP contribution in [0.2, 0.25) is 0 Å². The molecule has 0 spiro atoms. The lowest BCUT2D eigenvalue weighted by molar-refractivity contribution is -0.0327. The fourth-order valence-electron chi connectivity index (χ4n) is 1.04. The van der Waals surface area contributed by atoms with Crippen LogP contribution in [0.5, 0.6) is 0 Å². The molecule has 0 amide bonds. The number of alkyl halides is 3. The standard InChI is InChI=1S/C9H19F3N2S/c1-14(2)7-4-3-5-13-6-8-15-9(10,11)12/h13H,3-8H2,1-2H3. The molecular weight excluding hydrogens is 225 g/mol. The van der Waals surface area contributed by atoms with E-state index in [1.807, 2.05) is 14.1 Å². The van der Waals surface area contributed by atoms with Crippen molar-refractivity contribution in [3.8, 4) is 0 Å². The number of halogens is 3. The number of nitrogens with one attached hydrogen (secondary N) is 1. The van der Waals surface area contributed by atoms with Crippen LogP contribution in [0.3, 0.4) is 0 Å². The second-order valence-corrected chi connectivity index (χ2v) is 4.71. The van der Waals surface area contributed by atoms with Gasteiger partial charge in [0.1, 0.15) is 0 Å². The van der Waals surface area contributed by atoms with E-state index in [2.05, 4.69) is 10.2 Å². The normalized spacial score (nSPS) is 12.4. The maximum Gasteiger partial charge on any atom is 0.441 e. The highest BCUT2D eigenvalue weighted by Gasteiger charge is 2.27. The van der Waals surface area contributed by atoms with Crippen LogP contribution >= 0.6 is 11.8 Å². The third kappa shape index (κ3) is 14.1. The molecule has 0 rings (SSSR count). The van der Waals surface area contributed by atoms with Gasteiger partial charge in [-0.25, -0.2) is 0 Å². The predicted molar refractivity (Wildman–Crippen MR) is 59.2 cm³/mol. The van der Waals surface area contributed by atoms with Crippen LogP contribution in [0.25, 0.3) is 0 Å². The highest BCUT2D eigenvalue weighted by Crippen LogP contribution is 2.29. The fraction of sp³-hybridized carbons (Fsp3) is 1.00. The minimum atomic E-state index is -4.09. The lowest BCUT2D eigenvalue weighted by Gasteiger charge is -2.09. The van der Waals surface area contributed by atoms with Gasteiger partial charge in [0.05, 0.1) is 0 Å². The number of rotatable bonds is 8. The van der Waals surface area contributed by atoms with Crippen molar-refractivity contribution in [3.63, 3.8) is 0 Å². The van der Waals surface area contributed by atoms with Crippen LogP contribution in [0, 0.1) is 0 Å². The molecule has 0 fully saturated rings. The van der Waals surface area contributed by atoms with Crippen LogP contribution in [-0.2, 0) is 0 Å². The van der Waals surface area contributed by atoms with Crippen LogP contribution in [0.15, 0.2) is 0 Å². The van der Waals surface area contributed by atoms with Gasteiger partial charge in [-0.15, -0.1) is 0 Å². The van der Waals surface area contributed by atoms with Gasteiger partial charge in [0.15, 0.2) is 0 Å². The van der Waals surface area contributed by atoms with E-state index in [0.717, 1.165) is 25.9 Å². The molecule has 0 aliphatic carbocycles. The van der Waals surface area contributed by atoms with E-state index in [1.165, 1.54) is 0 Å². The minimum Gasteiger partial charge on any atom is -0.316 e. The summed E-state index contributed by atoms with van der Waals surface area (Å²) < 4.78 is 35.1. The van der Waals surface area contributed by atoms with Crippen molar-refractivity contribution in [3.05, 3.63) is 0 Å². The molecule has 0 aromatic rings. The number of thioether (sulfide) groups is 1. The summed E-state index contributed by atoms with van der Waals surface area (Å²) in [5, 5.41) is 2.99. The van der Waals surface area contributed by atoms with Crippen molar-refractivity contribution >= 4 is 11.8 Å². The van der Waals surface area contributed by atoms with Gasteiger partial charge in [0, 0.05) is 12.3 Å². The SMILES string of the molecule is CN(C)CCCCNCCSC(F)(F)F. The van der Waals surface area contributed by atoms with Gasteiger partial charge in [-0.2, -0.15) is 13.2 Å². The molecule has 0 aromatic carbocycles. The Bertz CT molecular complexity index is 151. The molecule has 0 saturated heterocycles. The van der Waals surface area contributed by atoms with E-state index >= 15 is 0 Å². The van der Waals surface area contributed by atoms with E-state index in [0.29, 0.717) is 6.54 Å². The van der Waals surface area contributed by atoms with E-state index in [1.54, 1.807) is 0 Å². The molecule has 1 N–H and O–H groups in total. The average Bonchev–Trinajstić information content (AvgIpc) is 2.07. The quantitative estimate of drug-likeness (QED) is 0.659. The summed E-state index contributed by atoms with van der Waals surface area (Å²) in [6.45, 7) is 2.25. The molecule has 6 heteroatoms. The van der Waals surface area contributed by atoms with Crippen LogP contribution in [0.4, 0.5) is 13.2 Å². The predicted octanol–water partition coefficient (Wildman–Crippen LogP) is 2.17. The maximum absolute atomic E-state index is 11.7. The molecular formula is C9H19F3N2S. The first-order valence-corrected chi connectivity index (χ1v) is 5.96. The monoisotopic (exact) mass is 244 g/mol. The van der Waals surface area contributed by atoms with Crippen LogP contribution < -0.4 is 5.32 Å². The lowest BCUT2D eigenvalue weighted by Crippen LogP contribution is -2.21. The Hall–Kier alpha value is 0.0600. The molecule has 0 saturated carbocycles. The summed E-state index contributed by atoms with van der Waals surface area (Å²) in [5.41, 5.74) is -4.09. The summed E-state index contributed by atoms with van der Waals surface area (Å²) in [5.74, 6) is 0.0944. The Kier molecular flexibility index (Phi) is 8.27. The molecule has 0 aromatic heterocycles. The Morgan fingerprint density at radius 2 is 1.80 bits per heavy atom. The second-order valence-electron chi connectivity index (χ2n) is 3.55. The largest absolute Gasteiger partial charge is 0.441 e. The highest BCUT2D eigenvalue weighted by atomic mass is 32.2. The van der Waals surface area contributed by atoms with Crippen molar-refractivity contribution in [2.75, 3.05) is 39.5 Å². The first kappa shape index (κ1) is 15.1. The lowest BCUT2D eigenvalue weighted by atomic mass is 10.3. The fourth-order valence-corrected chi connectivity index (χ4v) is 1.52. The topological polar surface area (TPSA) is 15.3 Å². The minimum absolute atomic E-state index is 0.0315. The molecule has 0 unspecified atom stereocenters. The number of unbranched alkanes of at least 4 members (excludes halogenated alkanes) is 1. The summed E-state index contributed by atoms with van der Waals surface area (Å²) in [6.07, 6.45) is 2.08. The zero-order valence-corrected chi connectivity index (χ0v) is 10.0.